The van der Waals surface area contributed by atoms with Crippen molar-refractivity contribution in [3.63, 3.8) is 0 Å². The van der Waals surface area contributed by atoms with Crippen molar-refractivity contribution in [2.45, 2.75) is 52.2 Å². The molecule has 1 aromatic rings. The van der Waals surface area contributed by atoms with E-state index in [1.807, 2.05) is 12.1 Å². The minimum absolute atomic E-state index is 0.196. The summed E-state index contributed by atoms with van der Waals surface area (Å²) in [6, 6.07) is 6.71. The Morgan fingerprint density at radius 1 is 1.14 bits per heavy atom. The molecule has 3 fully saturated rings. The highest BCUT2D eigenvalue weighted by molar-refractivity contribution is 5.46. The molecule has 28 heavy (non-hydrogen) atoms. The van der Waals surface area contributed by atoms with Gasteiger partial charge in [-0.25, -0.2) is 4.39 Å². The molecule has 156 valence electrons. The van der Waals surface area contributed by atoms with Crippen molar-refractivity contribution in [1.29, 1.82) is 0 Å². The lowest BCUT2D eigenvalue weighted by Gasteiger charge is -2.39. The average molecular weight is 391 g/mol. The Hall–Kier alpha value is -1.17. The second-order valence-electron chi connectivity index (χ2n) is 9.85. The third-order valence-electron chi connectivity index (χ3n) is 8.24. The molecule has 0 amide bonds. The van der Waals surface area contributed by atoms with Crippen LogP contribution in [0.15, 0.2) is 24.3 Å². The summed E-state index contributed by atoms with van der Waals surface area (Å²) >= 11 is 0. The summed E-state index contributed by atoms with van der Waals surface area (Å²) in [6.45, 7) is 11.9. The van der Waals surface area contributed by atoms with E-state index in [0.717, 1.165) is 44.2 Å². The molecule has 0 radical (unpaired) electrons. The number of hydrogen-bond acceptors (Lipinski definition) is 4. The number of aliphatic hydroxyl groups excluding tert-OH is 1. The van der Waals surface area contributed by atoms with Crippen LogP contribution in [0, 0.1) is 22.6 Å². The van der Waals surface area contributed by atoms with Crippen LogP contribution in [-0.4, -0.2) is 61.5 Å². The molecule has 5 heteroatoms. The van der Waals surface area contributed by atoms with Crippen molar-refractivity contribution in [3.8, 4) is 0 Å². The predicted molar refractivity (Wildman–Crippen MR) is 110 cm³/mol. The summed E-state index contributed by atoms with van der Waals surface area (Å²) < 4.78 is 19.4. The van der Waals surface area contributed by atoms with Crippen molar-refractivity contribution < 1.29 is 14.2 Å². The molecule has 4 nitrogen and oxygen atoms in total. The Balaban J connectivity index is 1.21. The number of fused-ring (bicyclic) bond motifs is 2. The highest BCUT2D eigenvalue weighted by Crippen LogP contribution is 2.66. The molecule has 4 atom stereocenters. The van der Waals surface area contributed by atoms with Crippen molar-refractivity contribution in [2.24, 2.45) is 16.7 Å². The molecule has 0 spiro atoms. The number of ether oxygens (including phenoxy) is 1. The lowest BCUT2D eigenvalue weighted by molar-refractivity contribution is -0.0794. The summed E-state index contributed by atoms with van der Waals surface area (Å²) in [7, 11) is 0. The molecular weight excluding hydrogens is 355 g/mol. The third kappa shape index (κ3) is 3.57. The highest BCUT2D eigenvalue weighted by Gasteiger charge is 2.61. The zero-order valence-electron chi connectivity index (χ0n) is 17.5. The largest absolute Gasteiger partial charge is 0.389 e. The number of halogens is 1. The molecule has 3 aliphatic rings. The molecule has 0 aromatic heterocycles. The number of aliphatic hydroxyl groups is 1. The first-order chi connectivity index (χ1) is 13.3. The number of rotatable bonds is 6. The van der Waals surface area contributed by atoms with Crippen LogP contribution in [0.3, 0.4) is 0 Å². The first-order valence-electron chi connectivity index (χ1n) is 10.8. The van der Waals surface area contributed by atoms with Gasteiger partial charge in [-0.2, -0.15) is 0 Å². The van der Waals surface area contributed by atoms with E-state index in [0.29, 0.717) is 18.6 Å². The highest BCUT2D eigenvalue weighted by atomic mass is 19.1. The predicted octanol–water partition coefficient (Wildman–Crippen LogP) is 3.54. The third-order valence-corrected chi connectivity index (χ3v) is 8.24. The van der Waals surface area contributed by atoms with Crippen LogP contribution in [0.2, 0.25) is 0 Å². The summed E-state index contributed by atoms with van der Waals surface area (Å²) in [5.41, 5.74) is 1.66. The standard InChI is InChI=1S/C23H35FN2O2/c1-22(2)17-8-9-23(22,3)21(14-17)28-16-20(27)15-25-10-12-26(13-11-25)19-6-4-18(24)5-7-19/h4-7,17,20-21,27H,8-16H2,1-3H3/t17-,20-,21-,23-/m0/s1. The molecule has 1 heterocycles. The SMILES string of the molecule is CC1(C)[C@H]2CC[C@@]1(C)[C@@H](OC[C@@H](O)CN1CCN(c3ccc(F)cc3)CC1)C2. The molecule has 2 bridgehead atoms. The second-order valence-corrected chi connectivity index (χ2v) is 9.85. The second kappa shape index (κ2) is 7.58. The van der Waals surface area contributed by atoms with Crippen LogP contribution in [-0.2, 0) is 4.74 Å². The molecule has 1 aromatic carbocycles. The minimum atomic E-state index is -0.441. The van der Waals surface area contributed by atoms with Gasteiger partial charge in [0.1, 0.15) is 5.82 Å². The van der Waals surface area contributed by atoms with Gasteiger partial charge in [-0.1, -0.05) is 20.8 Å². The summed E-state index contributed by atoms with van der Waals surface area (Å²) in [4.78, 5) is 4.58. The topological polar surface area (TPSA) is 35.9 Å². The lowest BCUT2D eigenvalue weighted by atomic mass is 9.70. The molecule has 1 saturated heterocycles. The number of piperazine rings is 1. The summed E-state index contributed by atoms with van der Waals surface area (Å²) in [6.07, 6.45) is 3.56. The van der Waals surface area contributed by atoms with Gasteiger partial charge in [0.2, 0.25) is 0 Å². The van der Waals surface area contributed by atoms with E-state index in [1.165, 1.54) is 25.0 Å². The van der Waals surface area contributed by atoms with E-state index >= 15 is 0 Å². The molecule has 0 unspecified atom stereocenters. The van der Waals surface area contributed by atoms with Crippen LogP contribution in [0.4, 0.5) is 10.1 Å². The smallest absolute Gasteiger partial charge is 0.123 e. The Morgan fingerprint density at radius 3 is 2.39 bits per heavy atom. The number of hydrogen-bond donors (Lipinski definition) is 1. The van der Waals surface area contributed by atoms with E-state index in [-0.39, 0.29) is 17.3 Å². The zero-order valence-corrected chi connectivity index (χ0v) is 17.5. The Kier molecular flexibility index (Phi) is 5.45. The van der Waals surface area contributed by atoms with Crippen molar-refractivity contribution in [1.82, 2.24) is 4.90 Å². The Morgan fingerprint density at radius 2 is 1.82 bits per heavy atom. The number of benzene rings is 1. The van der Waals surface area contributed by atoms with Crippen molar-refractivity contribution >= 4 is 5.69 Å². The van der Waals surface area contributed by atoms with Crippen LogP contribution in [0.1, 0.15) is 40.0 Å². The quantitative estimate of drug-likeness (QED) is 0.806. The van der Waals surface area contributed by atoms with Crippen LogP contribution >= 0.6 is 0 Å². The van der Waals surface area contributed by atoms with Crippen LogP contribution in [0.5, 0.6) is 0 Å². The maximum Gasteiger partial charge on any atom is 0.123 e. The first kappa shape index (κ1) is 20.1. The monoisotopic (exact) mass is 390 g/mol. The van der Waals surface area contributed by atoms with Gasteiger partial charge in [-0.05, 0) is 60.3 Å². The van der Waals surface area contributed by atoms with E-state index in [9.17, 15) is 9.50 Å². The number of anilines is 1. The van der Waals surface area contributed by atoms with E-state index in [1.54, 1.807) is 0 Å². The van der Waals surface area contributed by atoms with Crippen molar-refractivity contribution in [2.75, 3.05) is 44.2 Å². The fourth-order valence-corrected chi connectivity index (χ4v) is 5.80. The van der Waals surface area contributed by atoms with E-state index in [4.69, 9.17) is 4.74 Å². The maximum absolute atomic E-state index is 13.1. The van der Waals surface area contributed by atoms with Gasteiger partial charge in [-0.15, -0.1) is 0 Å². The van der Waals surface area contributed by atoms with Gasteiger partial charge in [0.15, 0.2) is 0 Å². The fraction of sp³-hybridized carbons (Fsp3) is 0.739. The van der Waals surface area contributed by atoms with Gasteiger partial charge in [0.05, 0.1) is 18.8 Å². The molecule has 2 saturated carbocycles. The normalized spacial score (nSPS) is 33.4. The lowest BCUT2D eigenvalue weighted by Crippen LogP contribution is -2.49. The molecule has 1 N–H and O–H groups in total. The van der Waals surface area contributed by atoms with Gasteiger partial charge >= 0.3 is 0 Å². The van der Waals surface area contributed by atoms with E-state index < -0.39 is 6.10 Å². The number of β-amino-alcohol motifs (C(OH)–C–C–N with tert-alkyl or cyclic N) is 1. The molecule has 2 aliphatic carbocycles. The molecular formula is C23H35FN2O2. The zero-order chi connectivity index (χ0) is 19.9. The van der Waals surface area contributed by atoms with Crippen LogP contribution in [0.25, 0.3) is 0 Å². The molecule has 1 aliphatic heterocycles. The van der Waals surface area contributed by atoms with Crippen molar-refractivity contribution in [3.05, 3.63) is 30.1 Å². The molecule has 4 rings (SSSR count). The summed E-state index contributed by atoms with van der Waals surface area (Å²) in [5.74, 6) is 0.567. The van der Waals surface area contributed by atoms with Gasteiger partial charge in [0, 0.05) is 38.4 Å². The fourth-order valence-electron chi connectivity index (χ4n) is 5.80. The van der Waals surface area contributed by atoms with Gasteiger partial charge < -0.3 is 14.7 Å². The maximum atomic E-state index is 13.1. The Labute approximate surface area is 168 Å². The number of nitrogens with zero attached hydrogens (tertiary/aromatic N) is 2. The van der Waals surface area contributed by atoms with Gasteiger partial charge in [0.25, 0.3) is 0 Å². The summed E-state index contributed by atoms with van der Waals surface area (Å²) in [5, 5.41) is 10.5. The first-order valence-corrected chi connectivity index (χ1v) is 10.8. The van der Waals surface area contributed by atoms with Gasteiger partial charge in [-0.3, -0.25) is 4.90 Å². The van der Waals surface area contributed by atoms with E-state index in [2.05, 4.69) is 30.6 Å². The Bertz CT molecular complexity index is 672. The van der Waals surface area contributed by atoms with Crippen LogP contribution < -0.4 is 4.90 Å². The average Bonchev–Trinajstić information content (AvgIpc) is 3.01. The minimum Gasteiger partial charge on any atom is -0.389 e.